The lowest BCUT2D eigenvalue weighted by Crippen LogP contribution is -2.23. The third-order valence-electron chi connectivity index (χ3n) is 4.73. The van der Waals surface area contributed by atoms with E-state index in [1.54, 1.807) is 37.6 Å². The summed E-state index contributed by atoms with van der Waals surface area (Å²) in [5, 5.41) is 4.53. The van der Waals surface area contributed by atoms with Crippen molar-refractivity contribution in [1.29, 1.82) is 0 Å². The molecule has 0 amide bonds. The van der Waals surface area contributed by atoms with E-state index < -0.39 is 10.0 Å². The van der Waals surface area contributed by atoms with Crippen molar-refractivity contribution in [2.45, 2.75) is 11.8 Å². The average Bonchev–Trinajstić information content (AvgIpc) is 3.16. The van der Waals surface area contributed by atoms with E-state index in [1.807, 2.05) is 34.9 Å². The number of rotatable bonds is 5. The van der Waals surface area contributed by atoms with Crippen molar-refractivity contribution < 1.29 is 8.42 Å². The van der Waals surface area contributed by atoms with Crippen molar-refractivity contribution >= 4 is 33.5 Å². The number of imidazole rings is 1. The highest BCUT2D eigenvalue weighted by Crippen LogP contribution is 2.25. The number of hydrogen-bond donors (Lipinski definition) is 0. The number of aromatic nitrogens is 3. The molecular weight excluding hydrogens is 422 g/mol. The first-order chi connectivity index (χ1) is 14.4. The Hall–Kier alpha value is -3.23. The van der Waals surface area contributed by atoms with Crippen LogP contribution in [-0.2, 0) is 10.0 Å². The molecule has 0 aliphatic carbocycles. The molecular formula is C21H18ClN5O2S. The standard InChI is InChI=1S/C21H18ClN5O2S/c1-15-19(22)6-3-7-20(15)30(28,29)26(2)25-13-18-12-24-21-9-8-17(14-27(18)21)16-5-4-10-23-11-16/h3-14H,1-2H3/b25-13+. The summed E-state index contributed by atoms with van der Waals surface area (Å²) in [6.45, 7) is 1.66. The number of nitrogens with zero attached hydrogens (tertiary/aromatic N) is 5. The van der Waals surface area contributed by atoms with E-state index in [0.717, 1.165) is 21.2 Å². The molecule has 0 fully saturated rings. The van der Waals surface area contributed by atoms with Gasteiger partial charge in [-0.3, -0.25) is 9.38 Å². The smallest absolute Gasteiger partial charge is 0.279 e. The number of halogens is 1. The van der Waals surface area contributed by atoms with Gasteiger partial charge in [0, 0.05) is 41.8 Å². The molecule has 1 aromatic carbocycles. The number of hydrazone groups is 1. The number of sulfonamides is 1. The van der Waals surface area contributed by atoms with Crippen LogP contribution in [0.5, 0.6) is 0 Å². The first-order valence-electron chi connectivity index (χ1n) is 9.03. The Labute approximate surface area is 179 Å². The van der Waals surface area contributed by atoms with Crippen molar-refractivity contribution in [3.05, 3.63) is 83.5 Å². The summed E-state index contributed by atoms with van der Waals surface area (Å²) in [6.07, 6.45) is 8.51. The Balaban J connectivity index is 1.67. The van der Waals surface area contributed by atoms with Crippen molar-refractivity contribution in [1.82, 2.24) is 18.8 Å². The van der Waals surface area contributed by atoms with Crippen LogP contribution in [0.3, 0.4) is 0 Å². The highest BCUT2D eigenvalue weighted by Gasteiger charge is 2.22. The second-order valence-electron chi connectivity index (χ2n) is 6.62. The average molecular weight is 440 g/mol. The number of benzene rings is 1. The van der Waals surface area contributed by atoms with Crippen LogP contribution in [0.4, 0.5) is 0 Å². The zero-order chi connectivity index (χ0) is 21.3. The molecule has 0 N–H and O–H groups in total. The molecule has 0 atom stereocenters. The van der Waals surface area contributed by atoms with E-state index >= 15 is 0 Å². The molecule has 30 heavy (non-hydrogen) atoms. The van der Waals surface area contributed by atoms with Gasteiger partial charge in [0.15, 0.2) is 0 Å². The van der Waals surface area contributed by atoms with Crippen LogP contribution < -0.4 is 0 Å². The summed E-state index contributed by atoms with van der Waals surface area (Å²) in [5.74, 6) is 0. The molecule has 0 spiro atoms. The van der Waals surface area contributed by atoms with Gasteiger partial charge < -0.3 is 0 Å². The molecule has 152 valence electrons. The fourth-order valence-corrected chi connectivity index (χ4v) is 4.45. The Kier molecular flexibility index (Phi) is 5.27. The molecule has 3 heterocycles. The fourth-order valence-electron chi connectivity index (χ4n) is 3.01. The monoisotopic (exact) mass is 439 g/mol. The number of hydrogen-bond acceptors (Lipinski definition) is 5. The SMILES string of the molecule is Cc1c(Cl)cccc1S(=O)(=O)N(C)/N=C/c1cnc2ccc(-c3cccnc3)cn12. The maximum absolute atomic E-state index is 12.9. The van der Waals surface area contributed by atoms with Crippen LogP contribution in [0.2, 0.25) is 5.02 Å². The zero-order valence-electron chi connectivity index (χ0n) is 16.3. The molecule has 0 aliphatic heterocycles. The Morgan fingerprint density at radius 3 is 2.70 bits per heavy atom. The Morgan fingerprint density at radius 2 is 1.93 bits per heavy atom. The molecule has 0 unspecified atom stereocenters. The second kappa shape index (κ2) is 7.89. The van der Waals surface area contributed by atoms with Crippen molar-refractivity contribution in [3.8, 4) is 11.1 Å². The molecule has 0 saturated carbocycles. The summed E-state index contributed by atoms with van der Waals surface area (Å²) in [4.78, 5) is 8.61. The van der Waals surface area contributed by atoms with Gasteiger partial charge in [0.05, 0.1) is 23.0 Å². The van der Waals surface area contributed by atoms with Gasteiger partial charge in [-0.2, -0.15) is 17.9 Å². The van der Waals surface area contributed by atoms with Crippen LogP contribution in [0.15, 0.2) is 77.2 Å². The summed E-state index contributed by atoms with van der Waals surface area (Å²) in [5.41, 5.74) is 3.77. The van der Waals surface area contributed by atoms with Gasteiger partial charge in [-0.25, -0.2) is 4.98 Å². The normalized spacial score (nSPS) is 12.0. The Morgan fingerprint density at radius 1 is 1.10 bits per heavy atom. The lowest BCUT2D eigenvalue weighted by atomic mass is 10.1. The predicted octanol–water partition coefficient (Wildman–Crippen LogP) is 4.01. The van der Waals surface area contributed by atoms with E-state index in [-0.39, 0.29) is 4.90 Å². The lowest BCUT2D eigenvalue weighted by molar-refractivity contribution is 0.490. The molecule has 0 bridgehead atoms. The molecule has 0 aliphatic rings. The first kappa shape index (κ1) is 20.1. The minimum atomic E-state index is -3.84. The molecule has 0 radical (unpaired) electrons. The Bertz CT molecular complexity index is 1350. The lowest BCUT2D eigenvalue weighted by Gasteiger charge is -2.15. The van der Waals surface area contributed by atoms with Crippen LogP contribution in [0, 0.1) is 6.92 Å². The van der Waals surface area contributed by atoms with Gasteiger partial charge in [-0.15, -0.1) is 0 Å². The highest BCUT2D eigenvalue weighted by atomic mass is 35.5. The van der Waals surface area contributed by atoms with E-state index in [9.17, 15) is 8.42 Å². The quantitative estimate of drug-likeness (QED) is 0.347. The summed E-state index contributed by atoms with van der Waals surface area (Å²) in [6, 6.07) is 12.4. The van der Waals surface area contributed by atoms with Crippen LogP contribution in [0.1, 0.15) is 11.3 Å². The predicted molar refractivity (Wildman–Crippen MR) is 117 cm³/mol. The van der Waals surface area contributed by atoms with E-state index in [4.69, 9.17) is 11.6 Å². The van der Waals surface area contributed by atoms with Crippen LogP contribution in [-0.4, -0.2) is 40.5 Å². The van der Waals surface area contributed by atoms with Crippen LogP contribution >= 0.6 is 11.6 Å². The van der Waals surface area contributed by atoms with Gasteiger partial charge in [-0.1, -0.05) is 23.7 Å². The van der Waals surface area contributed by atoms with Gasteiger partial charge in [-0.05, 0) is 42.8 Å². The first-order valence-corrected chi connectivity index (χ1v) is 10.9. The molecule has 0 saturated heterocycles. The van der Waals surface area contributed by atoms with E-state index in [2.05, 4.69) is 15.1 Å². The number of pyridine rings is 2. The van der Waals surface area contributed by atoms with Gasteiger partial charge in [0.2, 0.25) is 0 Å². The van der Waals surface area contributed by atoms with Gasteiger partial charge in [0.1, 0.15) is 5.65 Å². The second-order valence-corrected chi connectivity index (χ2v) is 8.94. The third-order valence-corrected chi connectivity index (χ3v) is 6.92. The zero-order valence-corrected chi connectivity index (χ0v) is 17.8. The molecule has 4 rings (SSSR count). The van der Waals surface area contributed by atoms with E-state index in [0.29, 0.717) is 16.3 Å². The fraction of sp³-hybridized carbons (Fsp3) is 0.0952. The largest absolute Gasteiger partial charge is 0.298 e. The molecule has 3 aromatic heterocycles. The minimum Gasteiger partial charge on any atom is -0.298 e. The van der Waals surface area contributed by atoms with Gasteiger partial charge >= 0.3 is 0 Å². The van der Waals surface area contributed by atoms with Gasteiger partial charge in [0.25, 0.3) is 10.0 Å². The molecule has 4 aromatic rings. The maximum Gasteiger partial charge on any atom is 0.279 e. The highest BCUT2D eigenvalue weighted by molar-refractivity contribution is 7.89. The molecule has 7 nitrogen and oxygen atoms in total. The minimum absolute atomic E-state index is 0.117. The summed E-state index contributed by atoms with van der Waals surface area (Å²) in [7, 11) is -2.45. The van der Waals surface area contributed by atoms with E-state index in [1.165, 1.54) is 19.3 Å². The summed E-state index contributed by atoms with van der Waals surface area (Å²) >= 11 is 6.08. The van der Waals surface area contributed by atoms with Crippen molar-refractivity contribution in [3.63, 3.8) is 0 Å². The van der Waals surface area contributed by atoms with Crippen LogP contribution in [0.25, 0.3) is 16.8 Å². The topological polar surface area (TPSA) is 79.9 Å². The van der Waals surface area contributed by atoms with Crippen molar-refractivity contribution in [2.75, 3.05) is 7.05 Å². The maximum atomic E-state index is 12.9. The van der Waals surface area contributed by atoms with Crippen molar-refractivity contribution in [2.24, 2.45) is 5.10 Å². The molecule has 9 heteroatoms. The summed E-state index contributed by atoms with van der Waals surface area (Å²) < 4.78 is 28.6. The third kappa shape index (κ3) is 3.67. The number of fused-ring (bicyclic) bond motifs is 1.